The number of rotatable bonds is 11. The number of benzene rings is 1. The number of nitrogens with two attached hydrogens (primary N) is 1. The Morgan fingerprint density at radius 3 is 2.51 bits per heavy atom. The van der Waals surface area contributed by atoms with Crippen molar-refractivity contribution in [1.29, 1.82) is 5.41 Å². The van der Waals surface area contributed by atoms with E-state index >= 15 is 0 Å². The number of methoxy groups -OCH3 is 1. The molecule has 202 valence electrons. The van der Waals surface area contributed by atoms with Crippen LogP contribution in [0.25, 0.3) is 0 Å². The molecule has 0 saturated carbocycles. The number of para-hydroxylation sites is 1. The number of carbonyl (C=O) groups excluding carboxylic acids is 3. The van der Waals surface area contributed by atoms with Gasteiger partial charge in [-0.05, 0) is 44.4 Å². The van der Waals surface area contributed by atoms with Crippen LogP contribution >= 0.6 is 11.3 Å². The van der Waals surface area contributed by atoms with Gasteiger partial charge in [0, 0.05) is 42.5 Å². The summed E-state index contributed by atoms with van der Waals surface area (Å²) >= 11 is 1.42. The Morgan fingerprint density at radius 1 is 1.16 bits per heavy atom. The largest absolute Gasteiger partial charge is 0.494 e. The highest BCUT2D eigenvalue weighted by atomic mass is 32.1. The van der Waals surface area contributed by atoms with Gasteiger partial charge >= 0.3 is 0 Å². The molecule has 1 aliphatic rings. The smallest absolute Gasteiger partial charge is 0.243 e. The topological polar surface area (TPSA) is 147 Å². The summed E-state index contributed by atoms with van der Waals surface area (Å²) in [6.07, 6.45) is 2.09. The Kier molecular flexibility index (Phi) is 12.6. The third kappa shape index (κ3) is 9.85. The molecule has 2 heterocycles. The summed E-state index contributed by atoms with van der Waals surface area (Å²) in [7, 11) is 3.25. The van der Waals surface area contributed by atoms with Gasteiger partial charge in [0.1, 0.15) is 17.6 Å². The van der Waals surface area contributed by atoms with Crippen LogP contribution in [0.15, 0.2) is 41.8 Å². The second-order valence-electron chi connectivity index (χ2n) is 8.63. The van der Waals surface area contributed by atoms with Gasteiger partial charge in [0.25, 0.3) is 0 Å². The Hall–Kier alpha value is -3.44. The molecule has 2 aromatic rings. The predicted molar refractivity (Wildman–Crippen MR) is 144 cm³/mol. The molecule has 1 aliphatic heterocycles. The SMILES string of the molecule is CC1CCC(C(=O)NCc2cc(C(=N)N)cs2)N1C(=O)CNC(=O)CCCOc1ccccc1.COC. The molecule has 1 fully saturated rings. The number of hydrogen-bond acceptors (Lipinski definition) is 7. The lowest BCUT2D eigenvalue weighted by Crippen LogP contribution is -2.51. The average Bonchev–Trinajstić information content (AvgIpc) is 3.52. The Labute approximate surface area is 222 Å². The van der Waals surface area contributed by atoms with Gasteiger partial charge in [0.15, 0.2) is 0 Å². The fraction of sp³-hybridized carbons (Fsp3) is 0.462. The van der Waals surface area contributed by atoms with Crippen molar-refractivity contribution < 1.29 is 23.9 Å². The van der Waals surface area contributed by atoms with E-state index in [4.69, 9.17) is 15.9 Å². The van der Waals surface area contributed by atoms with Crippen molar-refractivity contribution in [3.8, 4) is 5.75 Å². The quantitative estimate of drug-likeness (QED) is 0.199. The van der Waals surface area contributed by atoms with Crippen molar-refractivity contribution in [2.45, 2.75) is 51.2 Å². The van der Waals surface area contributed by atoms with Crippen LogP contribution in [0.5, 0.6) is 5.75 Å². The van der Waals surface area contributed by atoms with Gasteiger partial charge in [0.2, 0.25) is 17.7 Å². The molecule has 3 rings (SSSR count). The Bertz CT molecular complexity index is 1030. The number of amides is 3. The molecule has 0 aliphatic carbocycles. The molecule has 0 spiro atoms. The van der Waals surface area contributed by atoms with Crippen molar-refractivity contribution in [3.63, 3.8) is 0 Å². The van der Waals surface area contributed by atoms with E-state index < -0.39 is 6.04 Å². The lowest BCUT2D eigenvalue weighted by molar-refractivity contribution is -0.140. The zero-order valence-electron chi connectivity index (χ0n) is 21.6. The number of nitrogens with zero attached hydrogens (tertiary/aromatic N) is 1. The van der Waals surface area contributed by atoms with Crippen molar-refractivity contribution in [1.82, 2.24) is 15.5 Å². The zero-order chi connectivity index (χ0) is 27.2. The van der Waals surface area contributed by atoms with Crippen molar-refractivity contribution in [3.05, 3.63) is 52.2 Å². The standard InChI is InChI=1S/C24H31N5O4S.C2H6O/c1-16-9-10-20(24(32)28-13-19-12-17(15-34-19)23(25)26)29(16)22(31)14-27-21(30)8-5-11-33-18-6-3-2-4-7-18;1-3-2/h2-4,6-7,12,15-16,20H,5,8-11,13-14H2,1H3,(H3,25,26)(H,27,30)(H,28,32);1-2H3. The van der Waals surface area contributed by atoms with Crippen LogP contribution in [0.4, 0.5) is 0 Å². The summed E-state index contributed by atoms with van der Waals surface area (Å²) in [4.78, 5) is 40.2. The predicted octanol–water partition coefficient (Wildman–Crippen LogP) is 2.27. The van der Waals surface area contributed by atoms with Gasteiger partial charge in [0.05, 0.1) is 19.7 Å². The number of hydrogen-bond donors (Lipinski definition) is 4. The number of carbonyl (C=O) groups is 3. The zero-order valence-corrected chi connectivity index (χ0v) is 22.4. The first-order valence-electron chi connectivity index (χ1n) is 12.1. The summed E-state index contributed by atoms with van der Waals surface area (Å²) in [5.74, 6) is 0.0236. The number of thiophene rings is 1. The third-order valence-electron chi connectivity index (χ3n) is 5.66. The van der Waals surface area contributed by atoms with E-state index in [2.05, 4.69) is 15.4 Å². The van der Waals surface area contributed by atoms with Crippen LogP contribution in [0.3, 0.4) is 0 Å². The highest BCUT2D eigenvalue weighted by Gasteiger charge is 2.38. The molecular weight excluding hydrogens is 494 g/mol. The number of likely N-dealkylation sites (tertiary alicyclic amines) is 1. The molecule has 1 aromatic carbocycles. The van der Waals surface area contributed by atoms with Gasteiger partial charge in [-0.1, -0.05) is 18.2 Å². The molecule has 1 aromatic heterocycles. The lowest BCUT2D eigenvalue weighted by atomic mass is 10.2. The number of amidine groups is 1. The molecule has 2 atom stereocenters. The van der Waals surface area contributed by atoms with Gasteiger partial charge in [-0.25, -0.2) is 0 Å². The van der Waals surface area contributed by atoms with Crippen LogP contribution in [-0.2, 0) is 25.7 Å². The van der Waals surface area contributed by atoms with Crippen LogP contribution in [0.2, 0.25) is 0 Å². The maximum absolute atomic E-state index is 12.8. The van der Waals surface area contributed by atoms with E-state index in [9.17, 15) is 14.4 Å². The molecule has 11 heteroatoms. The van der Waals surface area contributed by atoms with Crippen molar-refractivity contribution >= 4 is 34.9 Å². The molecular formula is C26H37N5O5S. The second-order valence-corrected chi connectivity index (χ2v) is 9.62. The molecule has 0 radical (unpaired) electrons. The molecule has 5 N–H and O–H groups in total. The monoisotopic (exact) mass is 531 g/mol. The minimum Gasteiger partial charge on any atom is -0.494 e. The lowest BCUT2D eigenvalue weighted by Gasteiger charge is -2.28. The van der Waals surface area contributed by atoms with E-state index in [1.54, 1.807) is 30.6 Å². The van der Waals surface area contributed by atoms with Crippen molar-refractivity contribution in [2.75, 3.05) is 27.4 Å². The Morgan fingerprint density at radius 2 is 1.86 bits per heavy atom. The van der Waals surface area contributed by atoms with Gasteiger partial charge in [-0.3, -0.25) is 19.8 Å². The number of ether oxygens (including phenoxy) is 2. The Balaban J connectivity index is 0.00000153. The minimum atomic E-state index is -0.564. The summed E-state index contributed by atoms with van der Waals surface area (Å²) in [6.45, 7) is 2.49. The number of nitrogens with one attached hydrogen (secondary N) is 3. The van der Waals surface area contributed by atoms with Gasteiger partial charge < -0.3 is 30.7 Å². The highest BCUT2D eigenvalue weighted by molar-refractivity contribution is 7.10. The summed E-state index contributed by atoms with van der Waals surface area (Å²) in [5.41, 5.74) is 6.11. The normalized spacial score (nSPS) is 16.4. The third-order valence-corrected chi connectivity index (χ3v) is 6.59. The van der Waals surface area contributed by atoms with Crippen LogP contribution < -0.4 is 21.1 Å². The van der Waals surface area contributed by atoms with Crippen LogP contribution in [0, 0.1) is 5.41 Å². The molecule has 0 bridgehead atoms. The highest BCUT2D eigenvalue weighted by Crippen LogP contribution is 2.24. The fourth-order valence-electron chi connectivity index (χ4n) is 3.86. The average molecular weight is 532 g/mol. The fourth-order valence-corrected chi connectivity index (χ4v) is 4.69. The van der Waals surface area contributed by atoms with Crippen LogP contribution in [0.1, 0.15) is 43.0 Å². The minimum absolute atomic E-state index is 0.0130. The molecule has 1 saturated heterocycles. The summed E-state index contributed by atoms with van der Waals surface area (Å²) in [5, 5.41) is 14.8. The maximum atomic E-state index is 12.8. The van der Waals surface area contributed by atoms with Crippen LogP contribution in [-0.4, -0.2) is 67.9 Å². The molecule has 3 amide bonds. The first-order chi connectivity index (χ1) is 17.8. The van der Waals surface area contributed by atoms with Gasteiger partial charge in [-0.2, -0.15) is 0 Å². The van der Waals surface area contributed by atoms with E-state index in [0.717, 1.165) is 17.0 Å². The first-order valence-corrected chi connectivity index (χ1v) is 13.0. The number of nitrogen functional groups attached to an aromatic ring is 1. The first kappa shape index (κ1) is 29.8. The summed E-state index contributed by atoms with van der Waals surface area (Å²) in [6, 6.07) is 10.5. The van der Waals surface area contributed by atoms with E-state index in [1.807, 2.05) is 37.3 Å². The van der Waals surface area contributed by atoms with E-state index in [0.29, 0.717) is 31.6 Å². The maximum Gasteiger partial charge on any atom is 0.243 e. The van der Waals surface area contributed by atoms with Gasteiger partial charge in [-0.15, -0.1) is 11.3 Å². The molecule has 37 heavy (non-hydrogen) atoms. The van der Waals surface area contributed by atoms with Crippen molar-refractivity contribution in [2.24, 2.45) is 5.73 Å². The summed E-state index contributed by atoms with van der Waals surface area (Å²) < 4.78 is 9.82. The van der Waals surface area contributed by atoms with E-state index in [-0.39, 0.29) is 42.6 Å². The van der Waals surface area contributed by atoms with E-state index in [1.165, 1.54) is 11.3 Å². The molecule has 2 unspecified atom stereocenters. The second kappa shape index (κ2) is 15.6. The molecule has 10 nitrogen and oxygen atoms in total.